The molecule has 7 nitrogen and oxygen atoms in total. The van der Waals surface area contributed by atoms with Crippen molar-refractivity contribution in [3.8, 4) is 5.69 Å². The van der Waals surface area contributed by atoms with Crippen LogP contribution in [0.25, 0.3) is 5.69 Å². The van der Waals surface area contributed by atoms with E-state index in [1.165, 1.54) is 6.20 Å². The van der Waals surface area contributed by atoms with Crippen LogP contribution < -0.4 is 5.32 Å². The van der Waals surface area contributed by atoms with Gasteiger partial charge in [0.1, 0.15) is 0 Å². The van der Waals surface area contributed by atoms with Crippen molar-refractivity contribution in [1.29, 1.82) is 0 Å². The summed E-state index contributed by atoms with van der Waals surface area (Å²) in [5.41, 5.74) is 2.30. The first-order chi connectivity index (χ1) is 10.8. The zero-order valence-electron chi connectivity index (χ0n) is 11.5. The van der Waals surface area contributed by atoms with Gasteiger partial charge in [0, 0.05) is 17.3 Å². The van der Waals surface area contributed by atoms with E-state index in [1.807, 2.05) is 6.07 Å². The molecule has 3 aromatic rings. The monoisotopic (exact) mass is 295 g/mol. The summed E-state index contributed by atoms with van der Waals surface area (Å²) in [5.74, 6) is -0.287. The molecule has 2 N–H and O–H groups in total. The Bertz CT molecular complexity index is 786. The Balaban J connectivity index is 1.85. The van der Waals surface area contributed by atoms with Gasteiger partial charge in [-0.3, -0.25) is 9.78 Å². The van der Waals surface area contributed by atoms with Crippen LogP contribution in [0.4, 0.5) is 5.69 Å². The second-order valence-electron chi connectivity index (χ2n) is 4.54. The predicted molar refractivity (Wildman–Crippen MR) is 79.5 cm³/mol. The summed E-state index contributed by atoms with van der Waals surface area (Å²) < 4.78 is 1.57. The van der Waals surface area contributed by atoms with Gasteiger partial charge in [-0.1, -0.05) is 11.3 Å². The van der Waals surface area contributed by atoms with Crippen LogP contribution in [0.1, 0.15) is 15.9 Å². The Morgan fingerprint density at radius 2 is 2.18 bits per heavy atom. The first-order valence-electron chi connectivity index (χ1n) is 6.60. The van der Waals surface area contributed by atoms with Crippen molar-refractivity contribution in [2.75, 3.05) is 5.32 Å². The second kappa shape index (κ2) is 6.15. The summed E-state index contributed by atoms with van der Waals surface area (Å²) >= 11 is 0. The predicted octanol–water partition coefficient (Wildman–Crippen LogP) is 1.41. The Labute approximate surface area is 126 Å². The molecule has 1 aromatic carbocycles. The van der Waals surface area contributed by atoms with Gasteiger partial charge < -0.3 is 10.4 Å². The number of rotatable bonds is 4. The lowest BCUT2D eigenvalue weighted by atomic mass is 10.1. The minimum absolute atomic E-state index is 0.170. The lowest BCUT2D eigenvalue weighted by Crippen LogP contribution is -2.14. The quantitative estimate of drug-likeness (QED) is 0.759. The summed E-state index contributed by atoms with van der Waals surface area (Å²) in [7, 11) is 0. The molecule has 110 valence electrons. The molecule has 0 saturated carbocycles. The van der Waals surface area contributed by atoms with E-state index in [-0.39, 0.29) is 12.5 Å². The molecular weight excluding hydrogens is 282 g/mol. The molecular formula is C15H13N5O2. The third-order valence-corrected chi connectivity index (χ3v) is 3.13. The third-order valence-electron chi connectivity index (χ3n) is 3.13. The number of aromatic nitrogens is 4. The summed E-state index contributed by atoms with van der Waals surface area (Å²) in [4.78, 5) is 16.3. The third kappa shape index (κ3) is 2.84. The Hall–Kier alpha value is -3.06. The van der Waals surface area contributed by atoms with Crippen molar-refractivity contribution >= 4 is 11.6 Å². The van der Waals surface area contributed by atoms with E-state index < -0.39 is 0 Å². The number of benzene rings is 1. The molecule has 0 fully saturated rings. The van der Waals surface area contributed by atoms with Gasteiger partial charge >= 0.3 is 0 Å². The number of nitrogens with zero attached hydrogens (tertiary/aromatic N) is 4. The molecule has 0 spiro atoms. The number of anilines is 1. The van der Waals surface area contributed by atoms with Crippen LogP contribution >= 0.6 is 0 Å². The van der Waals surface area contributed by atoms with Crippen molar-refractivity contribution < 1.29 is 9.90 Å². The number of carbonyl (C=O) groups excluding carboxylic acids is 1. The lowest BCUT2D eigenvalue weighted by molar-refractivity contribution is 0.102. The van der Waals surface area contributed by atoms with Crippen molar-refractivity contribution in [2.24, 2.45) is 0 Å². The number of aliphatic hydroxyl groups is 1. The molecule has 0 atom stereocenters. The maximum absolute atomic E-state index is 12.3. The van der Waals surface area contributed by atoms with E-state index in [0.717, 1.165) is 5.69 Å². The highest BCUT2D eigenvalue weighted by molar-refractivity contribution is 6.04. The maximum atomic E-state index is 12.3. The fourth-order valence-electron chi connectivity index (χ4n) is 2.00. The molecule has 2 aromatic heterocycles. The summed E-state index contributed by atoms with van der Waals surface area (Å²) in [6, 6.07) is 8.65. The standard InChI is InChI=1S/C15H13N5O2/c21-10-12-4-5-16-9-14(12)18-15(22)11-2-1-3-13(8-11)20-7-6-17-19-20/h1-9,21H,10H2,(H,18,22). The molecule has 0 aliphatic rings. The zero-order chi connectivity index (χ0) is 15.4. The van der Waals surface area contributed by atoms with Gasteiger partial charge in [0.2, 0.25) is 0 Å². The van der Waals surface area contributed by atoms with Crippen LogP contribution in [-0.2, 0) is 6.61 Å². The molecule has 0 radical (unpaired) electrons. The van der Waals surface area contributed by atoms with E-state index in [0.29, 0.717) is 16.8 Å². The van der Waals surface area contributed by atoms with E-state index >= 15 is 0 Å². The average molecular weight is 295 g/mol. The topological polar surface area (TPSA) is 92.9 Å². The minimum Gasteiger partial charge on any atom is -0.392 e. The zero-order valence-corrected chi connectivity index (χ0v) is 11.5. The van der Waals surface area contributed by atoms with Crippen LogP contribution in [0.5, 0.6) is 0 Å². The van der Waals surface area contributed by atoms with Crippen molar-refractivity contribution in [1.82, 2.24) is 20.0 Å². The van der Waals surface area contributed by atoms with Gasteiger partial charge in [-0.25, -0.2) is 4.68 Å². The van der Waals surface area contributed by atoms with Crippen LogP contribution in [-0.4, -0.2) is 31.0 Å². The van der Waals surface area contributed by atoms with Gasteiger partial charge in [-0.2, -0.15) is 0 Å². The van der Waals surface area contributed by atoms with Gasteiger partial charge in [0.05, 0.1) is 36.6 Å². The fourth-order valence-corrected chi connectivity index (χ4v) is 2.00. The normalized spacial score (nSPS) is 10.4. The first-order valence-corrected chi connectivity index (χ1v) is 6.60. The Morgan fingerprint density at radius 3 is 2.95 bits per heavy atom. The molecule has 0 unspecified atom stereocenters. The van der Waals surface area contributed by atoms with E-state index in [2.05, 4.69) is 20.6 Å². The summed E-state index contributed by atoms with van der Waals surface area (Å²) in [5, 5.41) is 19.6. The molecule has 7 heteroatoms. The minimum atomic E-state index is -0.287. The molecule has 3 rings (SSSR count). The first kappa shape index (κ1) is 13.9. The Kier molecular flexibility index (Phi) is 3.88. The molecule has 2 heterocycles. The van der Waals surface area contributed by atoms with E-state index in [9.17, 15) is 9.90 Å². The molecule has 0 aliphatic heterocycles. The van der Waals surface area contributed by atoms with Gasteiger partial charge in [-0.15, -0.1) is 5.10 Å². The lowest BCUT2D eigenvalue weighted by Gasteiger charge is -2.09. The van der Waals surface area contributed by atoms with Crippen molar-refractivity contribution in [2.45, 2.75) is 6.61 Å². The Morgan fingerprint density at radius 1 is 1.27 bits per heavy atom. The van der Waals surface area contributed by atoms with Crippen molar-refractivity contribution in [3.05, 3.63) is 66.2 Å². The van der Waals surface area contributed by atoms with E-state index in [1.54, 1.807) is 47.5 Å². The van der Waals surface area contributed by atoms with Crippen LogP contribution in [0.3, 0.4) is 0 Å². The highest BCUT2D eigenvalue weighted by Crippen LogP contribution is 2.16. The molecule has 0 saturated heterocycles. The van der Waals surface area contributed by atoms with Gasteiger partial charge in [0.25, 0.3) is 5.91 Å². The maximum Gasteiger partial charge on any atom is 0.255 e. The molecule has 0 aliphatic carbocycles. The van der Waals surface area contributed by atoms with E-state index in [4.69, 9.17) is 0 Å². The highest BCUT2D eigenvalue weighted by Gasteiger charge is 2.10. The largest absolute Gasteiger partial charge is 0.392 e. The number of nitrogens with one attached hydrogen (secondary N) is 1. The number of hydrogen-bond donors (Lipinski definition) is 2. The number of carbonyl (C=O) groups is 1. The highest BCUT2D eigenvalue weighted by atomic mass is 16.3. The number of pyridine rings is 1. The average Bonchev–Trinajstić information content (AvgIpc) is 3.10. The summed E-state index contributed by atoms with van der Waals surface area (Å²) in [6.45, 7) is -0.170. The SMILES string of the molecule is O=C(Nc1cnccc1CO)c1cccc(-n2ccnn2)c1. The van der Waals surface area contributed by atoms with Crippen LogP contribution in [0, 0.1) is 0 Å². The second-order valence-corrected chi connectivity index (χ2v) is 4.54. The smallest absolute Gasteiger partial charge is 0.255 e. The number of hydrogen-bond acceptors (Lipinski definition) is 5. The molecule has 1 amide bonds. The van der Waals surface area contributed by atoms with Crippen LogP contribution in [0.2, 0.25) is 0 Å². The van der Waals surface area contributed by atoms with Gasteiger partial charge in [0.15, 0.2) is 0 Å². The fraction of sp³-hybridized carbons (Fsp3) is 0.0667. The van der Waals surface area contributed by atoms with Gasteiger partial charge in [-0.05, 0) is 24.3 Å². The molecule has 22 heavy (non-hydrogen) atoms. The number of aliphatic hydroxyl groups excluding tert-OH is 1. The summed E-state index contributed by atoms with van der Waals surface area (Å²) in [6.07, 6.45) is 6.33. The number of amides is 1. The molecule has 0 bridgehead atoms. The van der Waals surface area contributed by atoms with Crippen molar-refractivity contribution in [3.63, 3.8) is 0 Å². The van der Waals surface area contributed by atoms with Crippen LogP contribution in [0.15, 0.2) is 55.1 Å².